The van der Waals surface area contributed by atoms with Gasteiger partial charge in [-0.2, -0.15) is 4.31 Å². The first-order chi connectivity index (χ1) is 10.1. The number of hydrogen-bond donors (Lipinski definition) is 1. The summed E-state index contributed by atoms with van der Waals surface area (Å²) in [4.78, 5) is 0.203. The Balaban J connectivity index is 1.95. The van der Waals surface area contributed by atoms with E-state index in [0.29, 0.717) is 23.8 Å². The molecule has 0 amide bonds. The molecule has 2 aliphatic carbocycles. The van der Waals surface area contributed by atoms with Crippen LogP contribution in [0, 0.1) is 5.92 Å². The highest BCUT2D eigenvalue weighted by Gasteiger charge is 2.42. The largest absolute Gasteiger partial charge is 0.495 e. The maximum Gasteiger partial charge on any atom is 0.247 e. The fourth-order valence-corrected chi connectivity index (χ4v) is 4.41. The molecule has 2 saturated carbocycles. The van der Waals surface area contributed by atoms with Gasteiger partial charge in [-0.3, -0.25) is 0 Å². The Morgan fingerprint density at radius 3 is 2.52 bits per heavy atom. The summed E-state index contributed by atoms with van der Waals surface area (Å²) in [5, 5.41) is 9.17. The van der Waals surface area contributed by atoms with Gasteiger partial charge in [-0.05, 0) is 49.3 Å². The Hall–Kier alpha value is -1.11. The van der Waals surface area contributed by atoms with E-state index in [1.54, 1.807) is 22.5 Å². The van der Waals surface area contributed by atoms with Crippen LogP contribution in [-0.4, -0.2) is 37.5 Å². The Kier molecular flexibility index (Phi) is 3.94. The maximum absolute atomic E-state index is 12.9. The highest BCUT2D eigenvalue weighted by Crippen LogP contribution is 2.39. The van der Waals surface area contributed by atoms with E-state index in [9.17, 15) is 13.5 Å². The molecule has 0 unspecified atom stereocenters. The number of aliphatic hydroxyl groups is 1. The molecule has 1 aromatic rings. The van der Waals surface area contributed by atoms with Crippen molar-refractivity contribution in [2.75, 3.05) is 13.7 Å². The maximum atomic E-state index is 12.9. The van der Waals surface area contributed by atoms with Gasteiger partial charge in [0.05, 0.1) is 13.7 Å². The molecule has 0 radical (unpaired) electrons. The number of nitrogens with zero attached hydrogens (tertiary/aromatic N) is 1. The molecule has 0 aromatic heterocycles. The van der Waals surface area contributed by atoms with Crippen LogP contribution in [0.5, 0.6) is 5.75 Å². The van der Waals surface area contributed by atoms with E-state index in [4.69, 9.17) is 4.74 Å². The van der Waals surface area contributed by atoms with Crippen molar-refractivity contribution in [1.82, 2.24) is 4.31 Å². The Bertz CT molecular complexity index is 621. The molecule has 116 valence electrons. The van der Waals surface area contributed by atoms with Crippen LogP contribution in [0.25, 0.3) is 0 Å². The van der Waals surface area contributed by atoms with Crippen LogP contribution in [0.1, 0.15) is 31.2 Å². The molecule has 21 heavy (non-hydrogen) atoms. The molecule has 0 saturated heterocycles. The van der Waals surface area contributed by atoms with Crippen LogP contribution in [0.2, 0.25) is 0 Å². The molecule has 0 heterocycles. The summed E-state index contributed by atoms with van der Waals surface area (Å²) >= 11 is 0. The normalized spacial score (nSPS) is 19.0. The van der Waals surface area contributed by atoms with Gasteiger partial charge in [0.1, 0.15) is 10.6 Å². The summed E-state index contributed by atoms with van der Waals surface area (Å²) in [5.41, 5.74) is 0.644. The smallest absolute Gasteiger partial charge is 0.247 e. The van der Waals surface area contributed by atoms with Crippen molar-refractivity contribution in [1.29, 1.82) is 0 Å². The zero-order valence-corrected chi connectivity index (χ0v) is 13.0. The first-order valence-electron chi connectivity index (χ1n) is 7.36. The number of aliphatic hydroxyl groups excluding tert-OH is 1. The van der Waals surface area contributed by atoms with Gasteiger partial charge in [-0.1, -0.05) is 6.07 Å². The van der Waals surface area contributed by atoms with Crippen molar-refractivity contribution >= 4 is 10.0 Å². The van der Waals surface area contributed by atoms with Crippen molar-refractivity contribution in [3.05, 3.63) is 23.8 Å². The third-order valence-corrected chi connectivity index (χ3v) is 6.04. The fourth-order valence-electron chi connectivity index (χ4n) is 2.51. The second kappa shape index (κ2) is 5.59. The first-order valence-corrected chi connectivity index (χ1v) is 8.80. The van der Waals surface area contributed by atoms with Gasteiger partial charge < -0.3 is 9.84 Å². The van der Waals surface area contributed by atoms with Crippen molar-refractivity contribution in [3.8, 4) is 5.75 Å². The van der Waals surface area contributed by atoms with Gasteiger partial charge in [-0.15, -0.1) is 0 Å². The van der Waals surface area contributed by atoms with Crippen molar-refractivity contribution < 1.29 is 18.3 Å². The van der Waals surface area contributed by atoms with Gasteiger partial charge in [-0.25, -0.2) is 8.42 Å². The van der Waals surface area contributed by atoms with E-state index in [2.05, 4.69) is 0 Å². The van der Waals surface area contributed by atoms with Gasteiger partial charge in [0.25, 0.3) is 0 Å². The third-order valence-electron chi connectivity index (χ3n) is 4.09. The van der Waals surface area contributed by atoms with Crippen LogP contribution < -0.4 is 4.74 Å². The van der Waals surface area contributed by atoms with Gasteiger partial charge in [0, 0.05) is 12.6 Å². The quantitative estimate of drug-likeness (QED) is 0.833. The van der Waals surface area contributed by atoms with Gasteiger partial charge in [0.2, 0.25) is 10.0 Å². The molecule has 0 bridgehead atoms. The van der Waals surface area contributed by atoms with Crippen molar-refractivity contribution in [2.45, 2.75) is 43.2 Å². The van der Waals surface area contributed by atoms with Crippen molar-refractivity contribution in [3.63, 3.8) is 0 Å². The second-order valence-corrected chi connectivity index (χ2v) is 7.75. The monoisotopic (exact) mass is 311 g/mol. The molecule has 1 aromatic carbocycles. The minimum absolute atomic E-state index is 0.134. The minimum Gasteiger partial charge on any atom is -0.495 e. The lowest BCUT2D eigenvalue weighted by molar-refractivity contribution is 0.280. The van der Waals surface area contributed by atoms with Crippen LogP contribution in [0.3, 0.4) is 0 Å². The predicted molar refractivity (Wildman–Crippen MR) is 78.6 cm³/mol. The number of ether oxygens (including phenoxy) is 1. The van der Waals surface area contributed by atoms with E-state index in [1.165, 1.54) is 7.11 Å². The average molecular weight is 311 g/mol. The van der Waals surface area contributed by atoms with Crippen LogP contribution in [0.4, 0.5) is 0 Å². The minimum atomic E-state index is -3.53. The average Bonchev–Trinajstić information content (AvgIpc) is 3.37. The number of sulfonamides is 1. The summed E-state index contributed by atoms with van der Waals surface area (Å²) < 4.78 is 32.8. The predicted octanol–water partition coefficient (Wildman–Crippen LogP) is 1.75. The summed E-state index contributed by atoms with van der Waals surface area (Å²) in [5.74, 6) is 0.825. The molecule has 0 spiro atoms. The zero-order valence-electron chi connectivity index (χ0n) is 12.2. The molecule has 3 rings (SSSR count). The standard InChI is InChI=1S/C15H21NO4S/c1-20-14-8-12(10-17)4-7-15(14)21(18,19)16(13-5-6-13)9-11-2-3-11/h4,7-8,11,13,17H,2-3,5-6,9-10H2,1H3. The summed E-state index contributed by atoms with van der Waals surface area (Å²) in [6.45, 7) is 0.489. The number of methoxy groups -OCH3 is 1. The SMILES string of the molecule is COc1cc(CO)ccc1S(=O)(=O)N(CC1CC1)C1CC1. The number of benzene rings is 1. The molecule has 2 fully saturated rings. The van der Waals surface area contributed by atoms with Crippen molar-refractivity contribution in [2.24, 2.45) is 5.92 Å². The fraction of sp³-hybridized carbons (Fsp3) is 0.600. The Morgan fingerprint density at radius 2 is 2.00 bits per heavy atom. The van der Waals surface area contributed by atoms with Crippen LogP contribution in [-0.2, 0) is 16.6 Å². The van der Waals surface area contributed by atoms with Crippen LogP contribution >= 0.6 is 0 Å². The van der Waals surface area contributed by atoms with E-state index in [1.807, 2.05) is 0 Å². The van der Waals surface area contributed by atoms with E-state index >= 15 is 0 Å². The highest BCUT2D eigenvalue weighted by molar-refractivity contribution is 7.89. The Morgan fingerprint density at radius 1 is 1.29 bits per heavy atom. The lowest BCUT2D eigenvalue weighted by atomic mass is 10.2. The molecular weight excluding hydrogens is 290 g/mol. The molecule has 0 atom stereocenters. The molecule has 0 aliphatic heterocycles. The highest BCUT2D eigenvalue weighted by atomic mass is 32.2. The van der Waals surface area contributed by atoms with Crippen LogP contribution in [0.15, 0.2) is 23.1 Å². The molecule has 1 N–H and O–H groups in total. The van der Waals surface area contributed by atoms with E-state index < -0.39 is 10.0 Å². The lowest BCUT2D eigenvalue weighted by Crippen LogP contribution is -2.35. The topological polar surface area (TPSA) is 66.8 Å². The Labute approximate surface area is 125 Å². The molecule has 2 aliphatic rings. The molecule has 5 nitrogen and oxygen atoms in total. The zero-order chi connectivity index (χ0) is 15.0. The van der Waals surface area contributed by atoms with Gasteiger partial charge >= 0.3 is 0 Å². The second-order valence-electron chi connectivity index (χ2n) is 5.89. The van der Waals surface area contributed by atoms with E-state index in [0.717, 1.165) is 25.7 Å². The summed E-state index contributed by atoms with van der Waals surface area (Å²) in [6.07, 6.45) is 4.14. The third kappa shape index (κ3) is 3.07. The lowest BCUT2D eigenvalue weighted by Gasteiger charge is -2.23. The van der Waals surface area contributed by atoms with Gasteiger partial charge in [0.15, 0.2) is 0 Å². The number of rotatable bonds is 7. The number of hydrogen-bond acceptors (Lipinski definition) is 4. The summed E-state index contributed by atoms with van der Waals surface area (Å²) in [7, 11) is -2.08. The summed E-state index contributed by atoms with van der Waals surface area (Å²) in [6, 6.07) is 4.92. The molecule has 6 heteroatoms. The van der Waals surface area contributed by atoms with E-state index in [-0.39, 0.29) is 17.5 Å². The first kappa shape index (κ1) is 14.8. The molecular formula is C15H21NO4S.